The number of aryl methyl sites for hydroxylation is 1. The SMILES string of the molecule is CCC(=O)C(CC(=O)c1ccc2c(c1)CCC(C)(C)O2)C(C)=O. The van der Waals surface area contributed by atoms with Crippen LogP contribution in [0.15, 0.2) is 18.2 Å². The highest BCUT2D eigenvalue weighted by Gasteiger charge is 2.28. The van der Waals surface area contributed by atoms with Gasteiger partial charge < -0.3 is 4.74 Å². The fraction of sp³-hybridized carbons (Fsp3) is 0.526. The van der Waals surface area contributed by atoms with Crippen molar-refractivity contribution >= 4 is 17.3 Å². The Hall–Kier alpha value is -1.97. The topological polar surface area (TPSA) is 60.4 Å². The molecule has 1 aromatic rings. The summed E-state index contributed by atoms with van der Waals surface area (Å²) in [5.41, 5.74) is 1.37. The van der Waals surface area contributed by atoms with E-state index in [1.54, 1.807) is 13.0 Å². The number of carbonyl (C=O) groups excluding carboxylic acids is 3. The van der Waals surface area contributed by atoms with Crippen LogP contribution in [0.5, 0.6) is 5.75 Å². The predicted octanol–water partition coefficient (Wildman–Crippen LogP) is 3.55. The van der Waals surface area contributed by atoms with Crippen LogP contribution in [0.3, 0.4) is 0 Å². The third kappa shape index (κ3) is 4.06. The van der Waals surface area contributed by atoms with Gasteiger partial charge in [0.2, 0.25) is 0 Å². The first-order valence-corrected chi connectivity index (χ1v) is 8.12. The Kier molecular flexibility index (Phi) is 5.03. The van der Waals surface area contributed by atoms with Crippen molar-refractivity contribution in [2.24, 2.45) is 5.92 Å². The van der Waals surface area contributed by atoms with Crippen molar-refractivity contribution in [2.45, 2.75) is 59.0 Å². The van der Waals surface area contributed by atoms with Crippen molar-refractivity contribution in [1.82, 2.24) is 0 Å². The molecule has 124 valence electrons. The van der Waals surface area contributed by atoms with E-state index in [1.807, 2.05) is 26.0 Å². The minimum atomic E-state index is -0.821. The van der Waals surface area contributed by atoms with Gasteiger partial charge in [-0.05, 0) is 57.4 Å². The molecule has 0 radical (unpaired) electrons. The Labute approximate surface area is 137 Å². The molecule has 1 heterocycles. The quantitative estimate of drug-likeness (QED) is 0.595. The molecule has 0 amide bonds. The molecular formula is C19H24O4. The van der Waals surface area contributed by atoms with Gasteiger partial charge in [-0.3, -0.25) is 14.4 Å². The number of fused-ring (bicyclic) bond motifs is 1. The molecule has 4 heteroatoms. The molecule has 0 N–H and O–H groups in total. The molecule has 0 aromatic heterocycles. The fourth-order valence-electron chi connectivity index (χ4n) is 2.87. The summed E-state index contributed by atoms with van der Waals surface area (Å²) in [6.07, 6.45) is 1.97. The smallest absolute Gasteiger partial charge is 0.164 e. The van der Waals surface area contributed by atoms with E-state index in [1.165, 1.54) is 6.92 Å². The standard InChI is InChI=1S/C19H24O4/c1-5-16(21)15(12(2)20)11-17(22)13-6-7-18-14(10-13)8-9-19(3,4)23-18/h6-7,10,15H,5,8-9,11H2,1-4H3. The van der Waals surface area contributed by atoms with Crippen LogP contribution >= 0.6 is 0 Å². The number of Topliss-reactive ketones (excluding diaryl/α,β-unsaturated/α-hetero) is 3. The molecule has 23 heavy (non-hydrogen) atoms. The summed E-state index contributed by atoms with van der Waals surface area (Å²) in [5, 5.41) is 0. The molecule has 2 rings (SSSR count). The Bertz CT molecular complexity index is 643. The second-order valence-electron chi connectivity index (χ2n) is 6.79. The summed E-state index contributed by atoms with van der Waals surface area (Å²) in [7, 11) is 0. The van der Waals surface area contributed by atoms with Crippen LogP contribution in [0, 0.1) is 5.92 Å². The number of hydrogen-bond acceptors (Lipinski definition) is 4. The summed E-state index contributed by atoms with van der Waals surface area (Å²) in [6, 6.07) is 5.37. The first kappa shape index (κ1) is 17.4. The van der Waals surface area contributed by atoms with E-state index in [4.69, 9.17) is 4.74 Å². The van der Waals surface area contributed by atoms with Crippen molar-refractivity contribution in [1.29, 1.82) is 0 Å². The first-order chi connectivity index (χ1) is 10.7. The van der Waals surface area contributed by atoms with E-state index in [2.05, 4.69) is 0 Å². The van der Waals surface area contributed by atoms with Crippen LogP contribution in [0.25, 0.3) is 0 Å². The molecule has 0 fully saturated rings. The summed E-state index contributed by atoms with van der Waals surface area (Å²) in [5.74, 6) is -0.592. The van der Waals surface area contributed by atoms with Gasteiger partial charge in [0.1, 0.15) is 22.9 Å². The highest BCUT2D eigenvalue weighted by molar-refractivity contribution is 6.07. The van der Waals surface area contributed by atoms with Gasteiger partial charge in [-0.25, -0.2) is 0 Å². The van der Waals surface area contributed by atoms with Gasteiger partial charge in [0.15, 0.2) is 5.78 Å². The van der Waals surface area contributed by atoms with Gasteiger partial charge in [-0.1, -0.05) is 6.92 Å². The molecule has 1 aromatic carbocycles. The fourth-order valence-corrected chi connectivity index (χ4v) is 2.87. The van der Waals surface area contributed by atoms with Crippen LogP contribution in [0.2, 0.25) is 0 Å². The number of ketones is 3. The Morgan fingerprint density at radius 3 is 2.57 bits per heavy atom. The lowest BCUT2D eigenvalue weighted by molar-refractivity contribution is -0.131. The van der Waals surface area contributed by atoms with E-state index < -0.39 is 5.92 Å². The second-order valence-corrected chi connectivity index (χ2v) is 6.79. The number of benzene rings is 1. The molecule has 0 saturated carbocycles. The summed E-state index contributed by atoms with van der Waals surface area (Å²) < 4.78 is 5.91. The molecule has 4 nitrogen and oxygen atoms in total. The van der Waals surface area contributed by atoms with E-state index in [0.717, 1.165) is 24.2 Å². The molecular weight excluding hydrogens is 292 g/mol. The number of hydrogen-bond donors (Lipinski definition) is 0. The predicted molar refractivity (Wildman–Crippen MR) is 87.9 cm³/mol. The van der Waals surface area contributed by atoms with Crippen molar-refractivity contribution < 1.29 is 19.1 Å². The van der Waals surface area contributed by atoms with Crippen molar-refractivity contribution in [2.75, 3.05) is 0 Å². The molecule has 0 spiro atoms. The molecule has 0 aliphatic carbocycles. The van der Waals surface area contributed by atoms with Crippen molar-refractivity contribution in [3.63, 3.8) is 0 Å². The average molecular weight is 316 g/mol. The molecule has 1 aliphatic heterocycles. The van der Waals surface area contributed by atoms with Gasteiger partial charge in [0.05, 0.1) is 5.92 Å². The lowest BCUT2D eigenvalue weighted by atomic mass is 9.88. The number of ether oxygens (including phenoxy) is 1. The summed E-state index contributed by atoms with van der Waals surface area (Å²) in [6.45, 7) is 7.17. The van der Waals surface area contributed by atoms with Gasteiger partial charge >= 0.3 is 0 Å². The Morgan fingerprint density at radius 1 is 1.26 bits per heavy atom. The van der Waals surface area contributed by atoms with E-state index in [-0.39, 0.29) is 35.8 Å². The minimum absolute atomic E-state index is 0.0485. The number of rotatable bonds is 6. The van der Waals surface area contributed by atoms with Gasteiger partial charge in [0.25, 0.3) is 0 Å². The van der Waals surface area contributed by atoms with Gasteiger partial charge in [0, 0.05) is 18.4 Å². The van der Waals surface area contributed by atoms with Crippen LogP contribution in [0.4, 0.5) is 0 Å². The van der Waals surface area contributed by atoms with Crippen LogP contribution < -0.4 is 4.74 Å². The molecule has 0 bridgehead atoms. The van der Waals surface area contributed by atoms with Crippen molar-refractivity contribution in [3.8, 4) is 5.75 Å². The zero-order valence-electron chi connectivity index (χ0n) is 14.3. The zero-order valence-corrected chi connectivity index (χ0v) is 14.3. The van der Waals surface area contributed by atoms with E-state index in [9.17, 15) is 14.4 Å². The summed E-state index contributed by atoms with van der Waals surface area (Å²) in [4.78, 5) is 35.9. The molecule has 0 saturated heterocycles. The van der Waals surface area contributed by atoms with Crippen LogP contribution in [0.1, 0.15) is 62.9 Å². The monoisotopic (exact) mass is 316 g/mol. The summed E-state index contributed by atoms with van der Waals surface area (Å²) >= 11 is 0. The van der Waals surface area contributed by atoms with Gasteiger partial charge in [-0.15, -0.1) is 0 Å². The highest BCUT2D eigenvalue weighted by atomic mass is 16.5. The zero-order chi connectivity index (χ0) is 17.2. The highest BCUT2D eigenvalue weighted by Crippen LogP contribution is 2.33. The Balaban J connectivity index is 2.18. The first-order valence-electron chi connectivity index (χ1n) is 8.12. The third-order valence-corrected chi connectivity index (χ3v) is 4.38. The maximum atomic E-state index is 12.4. The van der Waals surface area contributed by atoms with Crippen LogP contribution in [-0.4, -0.2) is 23.0 Å². The maximum absolute atomic E-state index is 12.4. The largest absolute Gasteiger partial charge is 0.488 e. The van der Waals surface area contributed by atoms with E-state index >= 15 is 0 Å². The Morgan fingerprint density at radius 2 is 1.96 bits per heavy atom. The third-order valence-electron chi connectivity index (χ3n) is 4.38. The minimum Gasteiger partial charge on any atom is -0.488 e. The maximum Gasteiger partial charge on any atom is 0.164 e. The lowest BCUT2D eigenvalue weighted by Crippen LogP contribution is -2.32. The second kappa shape index (κ2) is 6.65. The molecule has 1 unspecified atom stereocenters. The normalized spacial score (nSPS) is 16.9. The van der Waals surface area contributed by atoms with Crippen molar-refractivity contribution in [3.05, 3.63) is 29.3 Å². The number of carbonyl (C=O) groups is 3. The lowest BCUT2D eigenvalue weighted by Gasteiger charge is -2.32. The average Bonchev–Trinajstić information content (AvgIpc) is 2.50. The van der Waals surface area contributed by atoms with Gasteiger partial charge in [-0.2, -0.15) is 0 Å². The molecule has 1 aliphatic rings. The molecule has 1 atom stereocenters. The van der Waals surface area contributed by atoms with E-state index in [0.29, 0.717) is 5.56 Å². The van der Waals surface area contributed by atoms with Crippen LogP contribution in [-0.2, 0) is 16.0 Å².